The molecule has 0 fully saturated rings. The third kappa shape index (κ3) is 3.53. The van der Waals surface area contributed by atoms with Crippen LogP contribution in [0.2, 0.25) is 5.02 Å². The number of aryl methyl sites for hydroxylation is 1. The molecule has 0 spiro atoms. The van der Waals surface area contributed by atoms with Crippen LogP contribution >= 0.6 is 11.6 Å². The molecule has 0 aromatic heterocycles. The average molecular weight is 290 g/mol. The molecule has 0 saturated carbocycles. The fraction of sp³-hybridized carbons (Fsp3) is 0.294. The third-order valence-corrected chi connectivity index (χ3v) is 3.73. The van der Waals surface area contributed by atoms with Crippen LogP contribution in [0.1, 0.15) is 22.7 Å². The molecule has 0 aliphatic heterocycles. The summed E-state index contributed by atoms with van der Waals surface area (Å²) in [4.78, 5) is 0. The van der Waals surface area contributed by atoms with E-state index in [1.807, 2.05) is 31.3 Å². The number of hydrogen-bond donors (Lipinski definition) is 1. The van der Waals surface area contributed by atoms with Crippen molar-refractivity contribution in [2.75, 3.05) is 14.2 Å². The fourth-order valence-electron chi connectivity index (χ4n) is 2.40. The van der Waals surface area contributed by atoms with Crippen molar-refractivity contribution in [1.82, 2.24) is 5.32 Å². The number of hydrogen-bond acceptors (Lipinski definition) is 2. The second-order valence-corrected chi connectivity index (χ2v) is 5.34. The summed E-state index contributed by atoms with van der Waals surface area (Å²) in [6, 6.07) is 14.6. The number of likely N-dealkylation sites (N-methyl/N-ethyl adjacent to an activating group) is 1. The lowest BCUT2D eigenvalue weighted by Gasteiger charge is -2.18. The fourth-order valence-corrected chi connectivity index (χ4v) is 2.62. The van der Waals surface area contributed by atoms with Crippen molar-refractivity contribution < 1.29 is 4.74 Å². The Hall–Kier alpha value is -1.51. The number of benzene rings is 2. The molecule has 1 unspecified atom stereocenters. The molecular weight excluding hydrogens is 270 g/mol. The van der Waals surface area contributed by atoms with Crippen LogP contribution in [0.15, 0.2) is 42.5 Å². The van der Waals surface area contributed by atoms with Gasteiger partial charge in [0.1, 0.15) is 5.75 Å². The van der Waals surface area contributed by atoms with E-state index in [4.69, 9.17) is 16.3 Å². The minimum absolute atomic E-state index is 0.262. The van der Waals surface area contributed by atoms with Crippen LogP contribution in [0.5, 0.6) is 5.75 Å². The molecular formula is C17H20ClNO. The highest BCUT2D eigenvalue weighted by molar-refractivity contribution is 6.30. The number of nitrogens with one attached hydrogen (secondary N) is 1. The van der Waals surface area contributed by atoms with E-state index in [0.717, 1.165) is 22.8 Å². The van der Waals surface area contributed by atoms with Gasteiger partial charge in [-0.15, -0.1) is 0 Å². The molecule has 0 aliphatic rings. The van der Waals surface area contributed by atoms with Gasteiger partial charge in [-0.2, -0.15) is 0 Å². The predicted octanol–water partition coefficient (Wildman–Crippen LogP) is 4.16. The van der Waals surface area contributed by atoms with Gasteiger partial charge in [0.05, 0.1) is 7.11 Å². The molecule has 3 heteroatoms. The molecule has 0 saturated heterocycles. The zero-order chi connectivity index (χ0) is 14.5. The van der Waals surface area contributed by atoms with Gasteiger partial charge >= 0.3 is 0 Å². The first kappa shape index (κ1) is 14.9. The largest absolute Gasteiger partial charge is 0.496 e. The monoisotopic (exact) mass is 289 g/mol. The maximum atomic E-state index is 6.05. The topological polar surface area (TPSA) is 21.3 Å². The highest BCUT2D eigenvalue weighted by Crippen LogP contribution is 2.25. The molecule has 1 N–H and O–H groups in total. The maximum absolute atomic E-state index is 6.05. The lowest BCUT2D eigenvalue weighted by molar-refractivity contribution is 0.411. The third-order valence-electron chi connectivity index (χ3n) is 3.50. The van der Waals surface area contributed by atoms with Crippen LogP contribution in [0, 0.1) is 6.92 Å². The number of halogens is 1. The van der Waals surface area contributed by atoms with Gasteiger partial charge in [0.2, 0.25) is 0 Å². The first-order chi connectivity index (χ1) is 9.63. The molecule has 0 radical (unpaired) electrons. The van der Waals surface area contributed by atoms with Gasteiger partial charge in [0, 0.05) is 11.1 Å². The van der Waals surface area contributed by atoms with E-state index >= 15 is 0 Å². The maximum Gasteiger partial charge on any atom is 0.121 e. The van der Waals surface area contributed by atoms with E-state index < -0.39 is 0 Å². The van der Waals surface area contributed by atoms with Crippen LogP contribution in [0.25, 0.3) is 0 Å². The van der Waals surface area contributed by atoms with Crippen molar-refractivity contribution in [2.45, 2.75) is 19.4 Å². The van der Waals surface area contributed by atoms with Crippen molar-refractivity contribution in [3.63, 3.8) is 0 Å². The standard InChI is InChI=1S/C17H20ClNO/c1-12-9-14(7-8-17(12)20-3)16(19-2)11-13-5-4-6-15(18)10-13/h4-10,16,19H,11H2,1-3H3. The molecule has 2 aromatic rings. The van der Waals surface area contributed by atoms with E-state index in [1.165, 1.54) is 11.1 Å². The van der Waals surface area contributed by atoms with E-state index in [9.17, 15) is 0 Å². The quantitative estimate of drug-likeness (QED) is 0.892. The van der Waals surface area contributed by atoms with Crippen LogP contribution in [0.3, 0.4) is 0 Å². The normalized spacial score (nSPS) is 12.2. The van der Waals surface area contributed by atoms with E-state index in [0.29, 0.717) is 0 Å². The lowest BCUT2D eigenvalue weighted by Crippen LogP contribution is -2.19. The van der Waals surface area contributed by atoms with E-state index in [-0.39, 0.29) is 6.04 Å². The van der Waals surface area contributed by atoms with Crippen molar-refractivity contribution in [1.29, 1.82) is 0 Å². The minimum atomic E-state index is 0.262. The summed E-state index contributed by atoms with van der Waals surface area (Å²) < 4.78 is 5.31. The summed E-state index contributed by atoms with van der Waals surface area (Å²) in [6.07, 6.45) is 0.906. The van der Waals surface area contributed by atoms with Crippen LogP contribution in [-0.4, -0.2) is 14.2 Å². The Balaban J connectivity index is 2.22. The zero-order valence-electron chi connectivity index (χ0n) is 12.1. The summed E-state index contributed by atoms with van der Waals surface area (Å²) in [7, 11) is 3.68. The molecule has 0 heterocycles. The van der Waals surface area contributed by atoms with Crippen molar-refractivity contribution in [3.05, 3.63) is 64.2 Å². The molecule has 0 aliphatic carbocycles. The number of rotatable bonds is 5. The zero-order valence-corrected chi connectivity index (χ0v) is 12.9. The van der Waals surface area contributed by atoms with Gasteiger partial charge in [-0.05, 0) is 55.3 Å². The van der Waals surface area contributed by atoms with Crippen LogP contribution in [0.4, 0.5) is 0 Å². The molecule has 2 nitrogen and oxygen atoms in total. The molecule has 0 bridgehead atoms. The molecule has 20 heavy (non-hydrogen) atoms. The molecule has 2 aromatic carbocycles. The Morgan fingerprint density at radius 3 is 2.60 bits per heavy atom. The van der Waals surface area contributed by atoms with E-state index in [1.54, 1.807) is 7.11 Å². The highest BCUT2D eigenvalue weighted by atomic mass is 35.5. The van der Waals surface area contributed by atoms with Gasteiger partial charge < -0.3 is 10.1 Å². The Labute approximate surface area is 125 Å². The van der Waals surface area contributed by atoms with Crippen molar-refractivity contribution >= 4 is 11.6 Å². The van der Waals surface area contributed by atoms with Crippen LogP contribution < -0.4 is 10.1 Å². The first-order valence-electron chi connectivity index (χ1n) is 6.70. The summed E-state index contributed by atoms with van der Waals surface area (Å²) in [5, 5.41) is 4.15. The summed E-state index contributed by atoms with van der Waals surface area (Å²) in [5.74, 6) is 0.923. The Bertz CT molecular complexity index is 583. The SMILES string of the molecule is CNC(Cc1cccc(Cl)c1)c1ccc(OC)c(C)c1. The van der Waals surface area contributed by atoms with Gasteiger partial charge in [0.15, 0.2) is 0 Å². The second kappa shape index (κ2) is 6.78. The molecule has 0 amide bonds. The smallest absolute Gasteiger partial charge is 0.121 e. The Morgan fingerprint density at radius 1 is 1.20 bits per heavy atom. The number of methoxy groups -OCH3 is 1. The van der Waals surface area contributed by atoms with Gasteiger partial charge in [0.25, 0.3) is 0 Å². The Kier molecular flexibility index (Phi) is 5.05. The summed E-state index contributed by atoms with van der Waals surface area (Å²) in [5.41, 5.74) is 3.63. The summed E-state index contributed by atoms with van der Waals surface area (Å²) >= 11 is 6.05. The van der Waals surface area contributed by atoms with Crippen molar-refractivity contribution in [2.24, 2.45) is 0 Å². The molecule has 106 valence electrons. The van der Waals surface area contributed by atoms with Crippen molar-refractivity contribution in [3.8, 4) is 5.75 Å². The molecule has 2 rings (SSSR count). The minimum Gasteiger partial charge on any atom is -0.496 e. The van der Waals surface area contributed by atoms with Crippen LogP contribution in [-0.2, 0) is 6.42 Å². The average Bonchev–Trinajstić information content (AvgIpc) is 2.44. The van der Waals surface area contributed by atoms with Gasteiger partial charge in [-0.3, -0.25) is 0 Å². The first-order valence-corrected chi connectivity index (χ1v) is 7.08. The van der Waals surface area contributed by atoms with E-state index in [2.05, 4.69) is 30.4 Å². The van der Waals surface area contributed by atoms with Gasteiger partial charge in [-0.1, -0.05) is 35.9 Å². The predicted molar refractivity (Wildman–Crippen MR) is 84.7 cm³/mol. The number of ether oxygens (including phenoxy) is 1. The summed E-state index contributed by atoms with van der Waals surface area (Å²) in [6.45, 7) is 2.06. The van der Waals surface area contributed by atoms with Gasteiger partial charge in [-0.25, -0.2) is 0 Å². The lowest BCUT2D eigenvalue weighted by atomic mass is 9.97. The highest BCUT2D eigenvalue weighted by Gasteiger charge is 2.12. The Morgan fingerprint density at radius 2 is 2.00 bits per heavy atom. The second-order valence-electron chi connectivity index (χ2n) is 4.90. The molecule has 1 atom stereocenters.